The van der Waals surface area contributed by atoms with Crippen LogP contribution in [0.2, 0.25) is 0 Å². The number of rotatable bonds is 5. The van der Waals surface area contributed by atoms with Gasteiger partial charge < -0.3 is 9.73 Å². The lowest BCUT2D eigenvalue weighted by atomic mass is 10.2. The van der Waals surface area contributed by atoms with Gasteiger partial charge in [-0.15, -0.1) is 0 Å². The van der Waals surface area contributed by atoms with Gasteiger partial charge in [0, 0.05) is 5.39 Å². The maximum absolute atomic E-state index is 13.0. The molecule has 0 saturated carbocycles. The second-order valence-corrected chi connectivity index (χ2v) is 6.42. The second-order valence-electron chi connectivity index (χ2n) is 5.46. The van der Waals surface area contributed by atoms with E-state index in [1.807, 2.05) is 0 Å². The number of alkyl halides is 3. The van der Waals surface area contributed by atoms with Crippen LogP contribution in [-0.4, -0.2) is 21.6 Å². The molecule has 9 heteroatoms. The summed E-state index contributed by atoms with van der Waals surface area (Å²) < 4.78 is 44.2. The predicted octanol–water partition coefficient (Wildman–Crippen LogP) is 4.21. The van der Waals surface area contributed by atoms with Crippen molar-refractivity contribution in [3.05, 3.63) is 54.2 Å². The Labute approximate surface area is 151 Å². The summed E-state index contributed by atoms with van der Waals surface area (Å²) in [7, 11) is 0. The number of fused-ring (bicyclic) bond motifs is 1. The van der Waals surface area contributed by atoms with Gasteiger partial charge in [0.05, 0.1) is 23.6 Å². The van der Waals surface area contributed by atoms with E-state index in [9.17, 15) is 18.0 Å². The normalized spacial score (nSPS) is 12.9. The van der Waals surface area contributed by atoms with Crippen molar-refractivity contribution >= 4 is 28.6 Å². The van der Waals surface area contributed by atoms with Crippen LogP contribution in [0.5, 0.6) is 0 Å². The highest BCUT2D eigenvalue weighted by Gasteiger charge is 2.35. The molecule has 1 unspecified atom stereocenters. The Kier molecular flexibility index (Phi) is 5.17. The third-order valence-electron chi connectivity index (χ3n) is 3.51. The summed E-state index contributed by atoms with van der Waals surface area (Å²) >= 11 is 0.934. The van der Waals surface area contributed by atoms with Gasteiger partial charge in [0.15, 0.2) is 0 Å². The molecule has 2 heterocycles. The van der Waals surface area contributed by atoms with Crippen molar-refractivity contribution in [2.75, 3.05) is 5.75 Å². The molecule has 3 aromatic rings. The number of para-hydroxylation sites is 1. The smallest absolute Gasteiger partial charge is 0.451 e. The monoisotopic (exact) mass is 381 g/mol. The largest absolute Gasteiger partial charge is 0.467 e. The van der Waals surface area contributed by atoms with Crippen molar-refractivity contribution in [1.29, 1.82) is 0 Å². The van der Waals surface area contributed by atoms with Gasteiger partial charge in [0.25, 0.3) is 0 Å². The molecule has 0 fully saturated rings. The minimum Gasteiger partial charge on any atom is -0.467 e. The van der Waals surface area contributed by atoms with E-state index >= 15 is 0 Å². The fourth-order valence-corrected chi connectivity index (χ4v) is 3.14. The summed E-state index contributed by atoms with van der Waals surface area (Å²) in [6.07, 6.45) is -3.16. The summed E-state index contributed by atoms with van der Waals surface area (Å²) in [5.41, 5.74) is 0.182. The van der Waals surface area contributed by atoms with Crippen molar-refractivity contribution in [3.63, 3.8) is 0 Å². The molecule has 0 aliphatic carbocycles. The van der Waals surface area contributed by atoms with Gasteiger partial charge in [-0.1, -0.05) is 30.0 Å². The number of aromatic nitrogens is 2. The number of amides is 1. The Morgan fingerprint density at radius 3 is 2.69 bits per heavy atom. The van der Waals surface area contributed by atoms with E-state index in [0.29, 0.717) is 11.1 Å². The number of carbonyl (C=O) groups is 1. The predicted molar refractivity (Wildman–Crippen MR) is 90.5 cm³/mol. The fourth-order valence-electron chi connectivity index (χ4n) is 2.31. The van der Waals surface area contributed by atoms with Crippen molar-refractivity contribution < 1.29 is 22.4 Å². The average molecular weight is 381 g/mol. The summed E-state index contributed by atoms with van der Waals surface area (Å²) in [6, 6.07) is 9.48. The highest BCUT2D eigenvalue weighted by molar-refractivity contribution is 8.00. The van der Waals surface area contributed by atoms with Gasteiger partial charge in [-0.25, -0.2) is 9.97 Å². The van der Waals surface area contributed by atoms with Crippen LogP contribution in [0.4, 0.5) is 13.2 Å². The van der Waals surface area contributed by atoms with Gasteiger partial charge in [-0.3, -0.25) is 4.79 Å². The van der Waals surface area contributed by atoms with E-state index in [-0.39, 0.29) is 28.2 Å². The van der Waals surface area contributed by atoms with E-state index in [1.54, 1.807) is 37.3 Å². The summed E-state index contributed by atoms with van der Waals surface area (Å²) in [5, 5.41) is 3.31. The number of hydrogen-bond acceptors (Lipinski definition) is 5. The average Bonchev–Trinajstić information content (AvgIpc) is 3.13. The zero-order valence-electron chi connectivity index (χ0n) is 13.6. The number of benzene rings is 1. The van der Waals surface area contributed by atoms with Crippen LogP contribution in [0, 0.1) is 0 Å². The third-order valence-corrected chi connectivity index (χ3v) is 4.50. The summed E-state index contributed by atoms with van der Waals surface area (Å²) in [5.74, 6) is -1.04. The number of thioether (sulfide) groups is 1. The standard InChI is InChI=1S/C17H14F3N3O2S/c1-10(13-7-4-8-25-13)21-14(24)9-26-15-11-5-2-3-6-12(11)22-16(23-15)17(18,19)20/h2-8,10H,9H2,1H3,(H,21,24). The van der Waals surface area contributed by atoms with E-state index in [0.717, 1.165) is 11.8 Å². The minimum atomic E-state index is -4.66. The molecule has 1 aromatic carbocycles. The highest BCUT2D eigenvalue weighted by Crippen LogP contribution is 2.32. The number of furan rings is 1. The van der Waals surface area contributed by atoms with Crippen LogP contribution in [0.25, 0.3) is 10.9 Å². The summed E-state index contributed by atoms with van der Waals surface area (Å²) in [6.45, 7) is 1.75. The van der Waals surface area contributed by atoms with E-state index in [4.69, 9.17) is 4.42 Å². The molecule has 5 nitrogen and oxygen atoms in total. The third kappa shape index (κ3) is 4.16. The number of nitrogens with one attached hydrogen (secondary N) is 1. The molecule has 26 heavy (non-hydrogen) atoms. The van der Waals surface area contributed by atoms with Crippen LogP contribution in [0.15, 0.2) is 52.1 Å². The maximum Gasteiger partial charge on any atom is 0.451 e. The molecule has 1 N–H and O–H groups in total. The first-order valence-electron chi connectivity index (χ1n) is 7.64. The van der Waals surface area contributed by atoms with Gasteiger partial charge in [-0.2, -0.15) is 13.2 Å². The quantitative estimate of drug-likeness (QED) is 0.530. The molecular weight excluding hydrogens is 367 g/mol. The van der Waals surface area contributed by atoms with Crippen molar-refractivity contribution in [1.82, 2.24) is 15.3 Å². The van der Waals surface area contributed by atoms with E-state index in [2.05, 4.69) is 15.3 Å². The van der Waals surface area contributed by atoms with Gasteiger partial charge in [-0.05, 0) is 25.1 Å². The molecule has 0 aliphatic rings. The molecule has 0 saturated heterocycles. The molecular formula is C17H14F3N3O2S. The first kappa shape index (κ1) is 18.2. The first-order chi connectivity index (χ1) is 12.3. The van der Waals surface area contributed by atoms with Gasteiger partial charge >= 0.3 is 6.18 Å². The SMILES string of the molecule is CC(NC(=O)CSc1nc(C(F)(F)F)nc2ccccc12)c1ccco1. The lowest BCUT2D eigenvalue weighted by Crippen LogP contribution is -2.28. The summed E-state index contributed by atoms with van der Waals surface area (Å²) in [4.78, 5) is 19.3. The molecule has 0 bridgehead atoms. The topological polar surface area (TPSA) is 68.0 Å². The Bertz CT molecular complexity index is 913. The van der Waals surface area contributed by atoms with Crippen LogP contribution >= 0.6 is 11.8 Å². The number of carbonyl (C=O) groups excluding carboxylic acids is 1. The number of hydrogen-bond donors (Lipinski definition) is 1. The Hall–Kier alpha value is -2.55. The molecule has 2 aromatic heterocycles. The van der Waals surface area contributed by atoms with Crippen molar-refractivity contribution in [2.24, 2.45) is 0 Å². The van der Waals surface area contributed by atoms with Crippen LogP contribution < -0.4 is 5.32 Å². The Balaban J connectivity index is 1.76. The lowest BCUT2D eigenvalue weighted by Gasteiger charge is -2.12. The van der Waals surface area contributed by atoms with Crippen molar-refractivity contribution in [2.45, 2.75) is 24.2 Å². The molecule has 0 radical (unpaired) electrons. The maximum atomic E-state index is 13.0. The van der Waals surface area contributed by atoms with Gasteiger partial charge in [0.1, 0.15) is 10.8 Å². The van der Waals surface area contributed by atoms with Gasteiger partial charge in [0.2, 0.25) is 11.7 Å². The van der Waals surface area contributed by atoms with Crippen molar-refractivity contribution in [3.8, 4) is 0 Å². The lowest BCUT2D eigenvalue weighted by molar-refractivity contribution is -0.145. The highest BCUT2D eigenvalue weighted by atomic mass is 32.2. The fraction of sp³-hybridized carbons (Fsp3) is 0.235. The molecule has 136 valence electrons. The minimum absolute atomic E-state index is 0.0800. The van der Waals surface area contributed by atoms with Crippen LogP contribution in [-0.2, 0) is 11.0 Å². The zero-order valence-corrected chi connectivity index (χ0v) is 14.4. The molecule has 0 aliphatic heterocycles. The second kappa shape index (κ2) is 7.36. The van der Waals surface area contributed by atoms with Crippen LogP contribution in [0.3, 0.4) is 0 Å². The first-order valence-corrected chi connectivity index (χ1v) is 8.62. The van der Waals surface area contributed by atoms with Crippen LogP contribution in [0.1, 0.15) is 24.6 Å². The zero-order chi connectivity index (χ0) is 18.7. The van der Waals surface area contributed by atoms with E-state index < -0.39 is 12.0 Å². The Morgan fingerprint density at radius 2 is 2.00 bits per heavy atom. The molecule has 0 spiro atoms. The molecule has 3 rings (SSSR count). The molecule has 1 amide bonds. The Morgan fingerprint density at radius 1 is 1.23 bits per heavy atom. The molecule has 1 atom stereocenters. The number of nitrogens with zero attached hydrogens (tertiary/aromatic N) is 2. The van der Waals surface area contributed by atoms with E-state index in [1.165, 1.54) is 12.3 Å². The number of halogens is 3.